The molecule has 0 spiro atoms. The van der Waals surface area contributed by atoms with Crippen molar-refractivity contribution in [1.82, 2.24) is 0 Å². The zero-order valence-electron chi connectivity index (χ0n) is 19.7. The van der Waals surface area contributed by atoms with Crippen LogP contribution in [0.5, 0.6) is 11.5 Å². The van der Waals surface area contributed by atoms with Crippen LogP contribution in [0.1, 0.15) is 5.56 Å². The summed E-state index contributed by atoms with van der Waals surface area (Å²) in [5, 5.41) is 0. The molecule has 0 unspecified atom stereocenters. The first-order valence-electron chi connectivity index (χ1n) is 11.4. The van der Waals surface area contributed by atoms with E-state index in [0.29, 0.717) is 6.61 Å². The number of nitrogens with zero attached hydrogens (tertiary/aromatic N) is 1. The van der Waals surface area contributed by atoms with Crippen molar-refractivity contribution in [2.45, 2.75) is 6.42 Å². The lowest BCUT2D eigenvalue weighted by Gasteiger charge is -2.30. The molecular weight excluding hydrogens is 410 g/mol. The molecule has 0 aliphatic rings. The van der Waals surface area contributed by atoms with Crippen LogP contribution in [0.3, 0.4) is 0 Å². The Kier molecular flexibility index (Phi) is 7.16. The molecule has 170 valence electrons. The Balaban J connectivity index is 1.32. The quantitative estimate of drug-likeness (QED) is 0.269. The van der Waals surface area contributed by atoms with Crippen molar-refractivity contribution in [1.29, 1.82) is 0 Å². The lowest BCUT2D eigenvalue weighted by molar-refractivity contribution is -0.890. The first-order chi connectivity index (χ1) is 16.1. The van der Waals surface area contributed by atoms with Crippen LogP contribution in [-0.2, 0) is 6.42 Å². The smallest absolute Gasteiger partial charge is 0.141 e. The monoisotopic (exact) mass is 442 g/mol. The van der Waals surface area contributed by atoms with Crippen LogP contribution in [-0.4, -0.2) is 45.4 Å². The predicted octanol–water partition coefficient (Wildman–Crippen LogP) is 6.32. The normalized spacial score (nSPS) is 11.4. The topological polar surface area (TPSA) is 31.6 Å². The summed E-state index contributed by atoms with van der Waals surface area (Å²) in [6, 6.07) is 28.7. The lowest BCUT2D eigenvalue weighted by atomic mass is 10.0. The summed E-state index contributed by atoms with van der Waals surface area (Å²) >= 11 is 0. The number of quaternary nitrogens is 1. The molecule has 0 saturated carbocycles. The van der Waals surface area contributed by atoms with Gasteiger partial charge in [0.05, 0.1) is 34.0 Å². The second-order valence-electron chi connectivity index (χ2n) is 8.85. The molecule has 0 aliphatic heterocycles. The molecule has 0 aliphatic carbocycles. The van der Waals surface area contributed by atoms with Crippen LogP contribution in [0.4, 0.5) is 0 Å². The van der Waals surface area contributed by atoms with Crippen molar-refractivity contribution in [3.63, 3.8) is 0 Å². The maximum absolute atomic E-state index is 6.06. The Morgan fingerprint density at radius 3 is 2.24 bits per heavy atom. The Labute approximate surface area is 196 Å². The molecule has 33 heavy (non-hydrogen) atoms. The first-order valence-corrected chi connectivity index (χ1v) is 11.4. The van der Waals surface area contributed by atoms with Crippen molar-refractivity contribution < 1.29 is 18.4 Å². The molecule has 1 aromatic heterocycles. The summed E-state index contributed by atoms with van der Waals surface area (Å²) in [6.07, 6.45) is 2.71. The number of ether oxygens (including phenoxy) is 2. The first kappa shape index (κ1) is 22.7. The highest BCUT2D eigenvalue weighted by Crippen LogP contribution is 2.33. The van der Waals surface area contributed by atoms with Crippen molar-refractivity contribution in [2.24, 2.45) is 0 Å². The highest BCUT2D eigenvalue weighted by Gasteiger charge is 2.17. The van der Waals surface area contributed by atoms with E-state index in [9.17, 15) is 0 Å². The minimum atomic E-state index is 0.661. The third-order valence-corrected chi connectivity index (χ3v) is 6.01. The Morgan fingerprint density at radius 2 is 1.48 bits per heavy atom. The highest BCUT2D eigenvalue weighted by atomic mass is 16.5. The molecule has 0 atom stereocenters. The van der Waals surface area contributed by atoms with Gasteiger partial charge in [-0.25, -0.2) is 0 Å². The molecule has 4 aromatic rings. The van der Waals surface area contributed by atoms with E-state index in [1.165, 1.54) is 5.56 Å². The van der Waals surface area contributed by atoms with E-state index in [1.54, 1.807) is 13.4 Å². The molecule has 0 fully saturated rings. The fourth-order valence-electron chi connectivity index (χ4n) is 3.94. The number of para-hydroxylation sites is 1. The van der Waals surface area contributed by atoms with E-state index in [2.05, 4.69) is 50.5 Å². The van der Waals surface area contributed by atoms with Crippen LogP contribution in [0, 0.1) is 0 Å². The molecule has 0 saturated heterocycles. The average Bonchev–Trinajstić information content (AvgIpc) is 3.34. The van der Waals surface area contributed by atoms with Crippen LogP contribution in [0.15, 0.2) is 95.6 Å². The summed E-state index contributed by atoms with van der Waals surface area (Å²) in [5.41, 5.74) is 4.53. The van der Waals surface area contributed by atoms with Crippen molar-refractivity contribution in [3.05, 3.63) is 96.8 Å². The minimum Gasteiger partial charge on any atom is -0.496 e. The number of likely N-dealkylation sites (N-methyl/N-ethyl adjacent to an activating group) is 1. The van der Waals surface area contributed by atoms with Crippen molar-refractivity contribution >= 4 is 0 Å². The van der Waals surface area contributed by atoms with E-state index in [4.69, 9.17) is 13.9 Å². The maximum Gasteiger partial charge on any atom is 0.141 e. The van der Waals surface area contributed by atoms with E-state index in [-0.39, 0.29) is 0 Å². The maximum atomic E-state index is 6.06. The molecule has 4 rings (SSSR count). The average molecular weight is 443 g/mol. The SMILES string of the molecule is COc1ccccc1CC[N+](C)(C)CCOc1ccc(-c2occc2-c2ccccc2)cc1. The number of hydrogen-bond acceptors (Lipinski definition) is 3. The summed E-state index contributed by atoms with van der Waals surface area (Å²) in [6.45, 7) is 2.60. The molecule has 3 aromatic carbocycles. The molecule has 1 heterocycles. The third-order valence-electron chi connectivity index (χ3n) is 6.01. The molecule has 0 amide bonds. The standard InChI is InChI=1S/C29H32NO3/c1-30(2,19-17-24-11-7-8-12-28(24)31-3)20-22-32-26-15-13-25(14-16-26)29-27(18-21-33-29)23-9-5-4-6-10-23/h4-16,18,21H,17,19-20,22H2,1-3H3/q+1. The van der Waals surface area contributed by atoms with E-state index in [1.807, 2.05) is 48.5 Å². The van der Waals surface area contributed by atoms with Crippen LogP contribution < -0.4 is 9.47 Å². The van der Waals surface area contributed by atoms with Gasteiger partial charge in [-0.2, -0.15) is 0 Å². The number of furan rings is 1. The summed E-state index contributed by atoms with van der Waals surface area (Å²) in [7, 11) is 6.21. The van der Waals surface area contributed by atoms with Crippen molar-refractivity contribution in [2.75, 3.05) is 40.9 Å². The zero-order chi connectivity index (χ0) is 23.1. The van der Waals surface area contributed by atoms with E-state index < -0.39 is 0 Å². The van der Waals surface area contributed by atoms with Gasteiger partial charge in [0, 0.05) is 17.5 Å². The van der Waals surface area contributed by atoms with E-state index in [0.717, 1.165) is 57.9 Å². The molecule has 0 radical (unpaired) electrons. The third kappa shape index (κ3) is 5.85. The van der Waals surface area contributed by atoms with Gasteiger partial charge in [0.25, 0.3) is 0 Å². The fourth-order valence-corrected chi connectivity index (χ4v) is 3.94. The molecule has 0 bridgehead atoms. The lowest BCUT2D eigenvalue weighted by Crippen LogP contribution is -2.44. The summed E-state index contributed by atoms with van der Waals surface area (Å²) in [5.74, 6) is 2.71. The predicted molar refractivity (Wildman–Crippen MR) is 134 cm³/mol. The van der Waals surface area contributed by atoms with Gasteiger partial charge in [-0.1, -0.05) is 48.5 Å². The summed E-state index contributed by atoms with van der Waals surface area (Å²) < 4.78 is 18.2. The molecule has 4 heteroatoms. The van der Waals surface area contributed by atoms with Gasteiger partial charge in [0.15, 0.2) is 0 Å². The molecule has 4 nitrogen and oxygen atoms in total. The number of methoxy groups -OCH3 is 1. The van der Waals surface area contributed by atoms with E-state index >= 15 is 0 Å². The van der Waals surface area contributed by atoms with Gasteiger partial charge in [0.2, 0.25) is 0 Å². The Bertz CT molecular complexity index is 1150. The van der Waals surface area contributed by atoms with Gasteiger partial charge in [-0.05, 0) is 47.5 Å². The minimum absolute atomic E-state index is 0.661. The Hall–Kier alpha value is -3.50. The number of rotatable bonds is 10. The van der Waals surface area contributed by atoms with Gasteiger partial charge in [-0.15, -0.1) is 0 Å². The second-order valence-corrected chi connectivity index (χ2v) is 8.85. The highest BCUT2D eigenvalue weighted by molar-refractivity contribution is 5.79. The molecular formula is C29H32NO3+. The fraction of sp³-hybridized carbons (Fsp3) is 0.241. The van der Waals surface area contributed by atoms with Gasteiger partial charge in [-0.3, -0.25) is 0 Å². The van der Waals surface area contributed by atoms with Gasteiger partial charge < -0.3 is 18.4 Å². The Morgan fingerprint density at radius 1 is 0.758 bits per heavy atom. The summed E-state index contributed by atoms with van der Waals surface area (Å²) in [4.78, 5) is 0. The van der Waals surface area contributed by atoms with Crippen LogP contribution in [0.25, 0.3) is 22.5 Å². The van der Waals surface area contributed by atoms with Crippen LogP contribution >= 0.6 is 0 Å². The number of benzene rings is 3. The largest absolute Gasteiger partial charge is 0.496 e. The van der Waals surface area contributed by atoms with Crippen LogP contribution in [0.2, 0.25) is 0 Å². The molecule has 0 N–H and O–H groups in total. The van der Waals surface area contributed by atoms with Gasteiger partial charge >= 0.3 is 0 Å². The van der Waals surface area contributed by atoms with Crippen molar-refractivity contribution in [3.8, 4) is 33.9 Å². The second kappa shape index (κ2) is 10.4. The zero-order valence-corrected chi connectivity index (χ0v) is 19.7. The van der Waals surface area contributed by atoms with Gasteiger partial charge in [0.1, 0.15) is 30.4 Å². The number of hydrogen-bond donors (Lipinski definition) is 0.